The number of likely N-dealkylation sites (tertiary alicyclic amines) is 1. The van der Waals surface area contributed by atoms with Gasteiger partial charge in [-0.05, 0) is 43.2 Å². The Morgan fingerprint density at radius 2 is 1.83 bits per heavy atom. The molecule has 1 saturated heterocycles. The van der Waals surface area contributed by atoms with Crippen molar-refractivity contribution in [1.82, 2.24) is 19.9 Å². The van der Waals surface area contributed by atoms with Gasteiger partial charge in [-0.25, -0.2) is 15.0 Å². The van der Waals surface area contributed by atoms with Crippen LogP contribution in [0.1, 0.15) is 31.4 Å². The van der Waals surface area contributed by atoms with E-state index in [2.05, 4.69) is 33.9 Å². The van der Waals surface area contributed by atoms with E-state index in [1.807, 2.05) is 47.5 Å². The Bertz CT molecular complexity index is 1270. The predicted molar refractivity (Wildman–Crippen MR) is 143 cm³/mol. The van der Waals surface area contributed by atoms with Crippen molar-refractivity contribution in [2.45, 2.75) is 45.4 Å². The summed E-state index contributed by atoms with van der Waals surface area (Å²) in [4.78, 5) is 30.8. The molecule has 3 aromatic heterocycles. The van der Waals surface area contributed by atoms with E-state index in [4.69, 9.17) is 9.97 Å². The maximum atomic E-state index is 11.6. The van der Waals surface area contributed by atoms with Crippen molar-refractivity contribution in [3.63, 3.8) is 0 Å². The summed E-state index contributed by atoms with van der Waals surface area (Å²) < 4.78 is 0. The van der Waals surface area contributed by atoms with Crippen molar-refractivity contribution < 1.29 is 4.79 Å². The van der Waals surface area contributed by atoms with Crippen LogP contribution in [0.2, 0.25) is 0 Å². The molecule has 0 atom stereocenters. The van der Waals surface area contributed by atoms with Gasteiger partial charge >= 0.3 is 0 Å². The quantitative estimate of drug-likeness (QED) is 0.291. The first kappa shape index (κ1) is 23.8. The van der Waals surface area contributed by atoms with Gasteiger partial charge < -0.3 is 10.2 Å². The monoisotopic (exact) mass is 519 g/mol. The Labute approximate surface area is 217 Å². The first-order valence-electron chi connectivity index (χ1n) is 11.4. The van der Waals surface area contributed by atoms with E-state index in [-0.39, 0.29) is 5.91 Å². The van der Waals surface area contributed by atoms with Gasteiger partial charge in [0.05, 0.1) is 10.6 Å². The van der Waals surface area contributed by atoms with Crippen LogP contribution in [0.5, 0.6) is 0 Å². The van der Waals surface area contributed by atoms with Crippen molar-refractivity contribution in [3.05, 3.63) is 78.1 Å². The lowest BCUT2D eigenvalue weighted by molar-refractivity contribution is -0.129. The molecule has 0 bridgehead atoms. The highest BCUT2D eigenvalue weighted by Gasteiger charge is 2.24. The third-order valence-corrected chi connectivity index (χ3v) is 8.49. The number of piperidine rings is 1. The molecule has 35 heavy (non-hydrogen) atoms. The number of nitrogens with one attached hydrogen (secondary N) is 1. The minimum absolute atomic E-state index is 0.156. The second-order valence-corrected chi connectivity index (χ2v) is 11.3. The zero-order valence-electron chi connectivity index (χ0n) is 19.3. The van der Waals surface area contributed by atoms with Gasteiger partial charge in [-0.15, -0.1) is 11.3 Å². The van der Waals surface area contributed by atoms with Crippen LogP contribution in [0.15, 0.2) is 92.1 Å². The summed E-state index contributed by atoms with van der Waals surface area (Å²) >= 11 is 4.87. The SMILES string of the molecule is CC(=O)N1CCC(c2csc(Nc3ncc(Sc4ccccn4)cc3Sc3ccccc3)n2)CC1. The van der Waals surface area contributed by atoms with Crippen LogP contribution < -0.4 is 5.32 Å². The Kier molecular flexibility index (Phi) is 7.66. The number of nitrogens with zero attached hydrogens (tertiary/aromatic N) is 4. The number of hydrogen-bond donors (Lipinski definition) is 1. The van der Waals surface area contributed by atoms with Crippen molar-refractivity contribution in [2.24, 2.45) is 0 Å². The zero-order chi connectivity index (χ0) is 24.0. The fraction of sp³-hybridized carbons (Fsp3) is 0.231. The molecule has 0 radical (unpaired) electrons. The Morgan fingerprint density at radius 3 is 2.57 bits per heavy atom. The fourth-order valence-electron chi connectivity index (χ4n) is 3.92. The van der Waals surface area contributed by atoms with Crippen LogP contribution >= 0.6 is 34.9 Å². The fourth-order valence-corrected chi connectivity index (χ4v) is 6.50. The minimum atomic E-state index is 0.156. The first-order valence-corrected chi connectivity index (χ1v) is 13.9. The smallest absolute Gasteiger partial charge is 0.219 e. The van der Waals surface area contributed by atoms with Gasteiger partial charge in [-0.1, -0.05) is 47.8 Å². The first-order chi connectivity index (χ1) is 17.1. The van der Waals surface area contributed by atoms with Crippen LogP contribution in [-0.2, 0) is 4.79 Å². The summed E-state index contributed by atoms with van der Waals surface area (Å²) in [6, 6.07) is 18.4. The van der Waals surface area contributed by atoms with Gasteiger partial charge in [0.15, 0.2) is 5.13 Å². The Morgan fingerprint density at radius 1 is 1.03 bits per heavy atom. The summed E-state index contributed by atoms with van der Waals surface area (Å²) in [5.74, 6) is 1.33. The molecule has 178 valence electrons. The largest absolute Gasteiger partial charge is 0.343 e. The van der Waals surface area contributed by atoms with E-state index in [9.17, 15) is 4.79 Å². The number of anilines is 2. The third-order valence-electron chi connectivity index (χ3n) is 5.76. The molecule has 9 heteroatoms. The number of hydrogen-bond acceptors (Lipinski definition) is 8. The Hall–Kier alpha value is -2.88. The van der Waals surface area contributed by atoms with E-state index >= 15 is 0 Å². The maximum Gasteiger partial charge on any atom is 0.219 e. The summed E-state index contributed by atoms with van der Waals surface area (Å²) in [6.07, 6.45) is 5.59. The zero-order valence-corrected chi connectivity index (χ0v) is 21.7. The molecule has 5 rings (SSSR count). The average Bonchev–Trinajstić information content (AvgIpc) is 3.35. The number of thiazole rings is 1. The molecule has 1 aliphatic rings. The molecule has 1 fully saturated rings. The van der Waals surface area contributed by atoms with Crippen LogP contribution in [0.4, 0.5) is 10.9 Å². The summed E-state index contributed by atoms with van der Waals surface area (Å²) in [5, 5.41) is 7.36. The molecular weight excluding hydrogens is 495 g/mol. The molecule has 1 N–H and O–H groups in total. The second-order valence-electron chi connectivity index (χ2n) is 8.19. The highest BCUT2D eigenvalue weighted by Crippen LogP contribution is 2.38. The standard InChI is InChI=1S/C26H25N5OS3/c1-18(32)31-13-10-19(11-14-31)22-17-33-26(29-22)30-25-23(34-20-7-3-2-4-8-20)15-21(16-28-25)35-24-9-5-6-12-27-24/h2-9,12,15-17,19H,10-11,13-14H2,1H3,(H,28,29,30). The molecule has 1 aliphatic heterocycles. The number of carbonyl (C=O) groups is 1. The van der Waals surface area contributed by atoms with E-state index in [0.29, 0.717) is 5.92 Å². The average molecular weight is 520 g/mol. The third kappa shape index (κ3) is 6.22. The van der Waals surface area contributed by atoms with Crippen molar-refractivity contribution >= 4 is 51.7 Å². The molecule has 4 aromatic rings. The molecule has 0 spiro atoms. The van der Waals surface area contributed by atoms with Gasteiger partial charge in [-0.3, -0.25) is 4.79 Å². The molecule has 0 unspecified atom stereocenters. The summed E-state index contributed by atoms with van der Waals surface area (Å²) in [7, 11) is 0. The lowest BCUT2D eigenvalue weighted by Gasteiger charge is -2.30. The molecule has 6 nitrogen and oxygen atoms in total. The molecule has 0 saturated carbocycles. The molecule has 4 heterocycles. The highest BCUT2D eigenvalue weighted by molar-refractivity contribution is 8.00. The van der Waals surface area contributed by atoms with Gasteiger partial charge in [0.1, 0.15) is 10.8 Å². The number of benzene rings is 1. The topological polar surface area (TPSA) is 71.0 Å². The Balaban J connectivity index is 1.34. The van der Waals surface area contributed by atoms with Gasteiger partial charge in [0.2, 0.25) is 5.91 Å². The minimum Gasteiger partial charge on any atom is -0.343 e. The number of pyridine rings is 2. The van der Waals surface area contributed by atoms with E-state index in [1.165, 1.54) is 0 Å². The number of aromatic nitrogens is 3. The highest BCUT2D eigenvalue weighted by atomic mass is 32.2. The van der Waals surface area contributed by atoms with Crippen LogP contribution in [0.3, 0.4) is 0 Å². The van der Waals surface area contributed by atoms with Gasteiger partial charge in [-0.2, -0.15) is 0 Å². The van der Waals surface area contributed by atoms with Crippen molar-refractivity contribution in [3.8, 4) is 0 Å². The number of carbonyl (C=O) groups excluding carboxylic acids is 1. The van der Waals surface area contributed by atoms with E-state index in [1.54, 1.807) is 48.0 Å². The second kappa shape index (κ2) is 11.2. The number of amides is 1. The normalized spacial score (nSPS) is 14.1. The van der Waals surface area contributed by atoms with Crippen molar-refractivity contribution in [1.29, 1.82) is 0 Å². The van der Waals surface area contributed by atoms with Crippen LogP contribution in [-0.4, -0.2) is 38.8 Å². The van der Waals surface area contributed by atoms with Gasteiger partial charge in [0.25, 0.3) is 0 Å². The summed E-state index contributed by atoms with van der Waals surface area (Å²) in [5.41, 5.74) is 1.10. The van der Waals surface area contributed by atoms with E-state index in [0.717, 1.165) is 62.3 Å². The molecule has 1 aromatic carbocycles. The van der Waals surface area contributed by atoms with Crippen molar-refractivity contribution in [2.75, 3.05) is 18.4 Å². The maximum absolute atomic E-state index is 11.6. The number of rotatable bonds is 7. The van der Waals surface area contributed by atoms with Crippen LogP contribution in [0.25, 0.3) is 0 Å². The predicted octanol–water partition coefficient (Wildman–Crippen LogP) is 6.71. The van der Waals surface area contributed by atoms with Crippen LogP contribution in [0, 0.1) is 0 Å². The lowest BCUT2D eigenvalue weighted by Crippen LogP contribution is -2.36. The summed E-state index contributed by atoms with van der Waals surface area (Å²) in [6.45, 7) is 3.24. The lowest BCUT2D eigenvalue weighted by atomic mass is 9.94. The van der Waals surface area contributed by atoms with Gasteiger partial charge in [0, 0.05) is 53.5 Å². The molecule has 0 aliphatic carbocycles. The molecule has 1 amide bonds. The van der Waals surface area contributed by atoms with E-state index < -0.39 is 0 Å². The molecular formula is C26H25N5OS3.